The third kappa shape index (κ3) is 2.42. The first-order valence-electron chi connectivity index (χ1n) is 3.46. The first-order valence-corrected chi connectivity index (χ1v) is 3.46. The molecule has 0 radical (unpaired) electrons. The Hall–Kier alpha value is -1.31. The Morgan fingerprint density at radius 2 is 1.91 bits per heavy atom. The molecule has 11 heavy (non-hydrogen) atoms. The van der Waals surface area contributed by atoms with E-state index in [2.05, 4.69) is 16.9 Å². The number of aryl methyl sites for hydroxylation is 1. The minimum Gasteiger partial charge on any atom is -0.399 e. The van der Waals surface area contributed by atoms with Gasteiger partial charge in [-0.25, -0.2) is 0 Å². The number of nitrogens with zero attached hydrogens (tertiary/aromatic N) is 1. The standard InChI is InChI=1S/C9H11NO/c1-8-3-5-9(6-4-8)7-10-11-2/h3-7H,1-2H3. The molecule has 1 rings (SSSR count). The van der Waals surface area contributed by atoms with Gasteiger partial charge in [0.05, 0.1) is 6.21 Å². The lowest BCUT2D eigenvalue weighted by atomic mass is 10.2. The van der Waals surface area contributed by atoms with E-state index in [9.17, 15) is 0 Å². The van der Waals surface area contributed by atoms with Gasteiger partial charge in [0.25, 0.3) is 0 Å². The molecule has 0 atom stereocenters. The molecule has 1 aromatic rings. The van der Waals surface area contributed by atoms with Crippen LogP contribution in [0.1, 0.15) is 11.1 Å². The Bertz CT molecular complexity index is 238. The van der Waals surface area contributed by atoms with Crippen LogP contribution in [-0.2, 0) is 4.84 Å². The highest BCUT2D eigenvalue weighted by Crippen LogP contribution is 1.99. The average Bonchev–Trinajstić information content (AvgIpc) is 2.04. The van der Waals surface area contributed by atoms with Gasteiger partial charge in [-0.05, 0) is 12.5 Å². The highest BCUT2D eigenvalue weighted by Gasteiger charge is 1.85. The van der Waals surface area contributed by atoms with E-state index < -0.39 is 0 Å². The minimum absolute atomic E-state index is 1.05. The van der Waals surface area contributed by atoms with Crippen LogP contribution in [0.3, 0.4) is 0 Å². The fourth-order valence-corrected chi connectivity index (χ4v) is 0.766. The van der Waals surface area contributed by atoms with E-state index in [0.29, 0.717) is 0 Å². The number of rotatable bonds is 2. The Balaban J connectivity index is 2.73. The normalized spacial score (nSPS) is 10.4. The molecular formula is C9H11NO. The van der Waals surface area contributed by atoms with Gasteiger partial charge in [0.15, 0.2) is 0 Å². The summed E-state index contributed by atoms with van der Waals surface area (Å²) < 4.78 is 0. The number of hydrogen-bond donors (Lipinski definition) is 0. The second-order valence-electron chi connectivity index (χ2n) is 2.33. The second kappa shape index (κ2) is 3.76. The zero-order chi connectivity index (χ0) is 8.10. The van der Waals surface area contributed by atoms with Gasteiger partial charge in [-0.1, -0.05) is 35.0 Å². The summed E-state index contributed by atoms with van der Waals surface area (Å²) in [6.07, 6.45) is 1.68. The molecule has 2 heteroatoms. The molecule has 0 amide bonds. The molecule has 58 valence electrons. The van der Waals surface area contributed by atoms with Crippen molar-refractivity contribution in [3.05, 3.63) is 35.4 Å². The summed E-state index contributed by atoms with van der Waals surface area (Å²) in [4.78, 5) is 4.55. The summed E-state index contributed by atoms with van der Waals surface area (Å²) >= 11 is 0. The van der Waals surface area contributed by atoms with E-state index in [1.165, 1.54) is 12.7 Å². The van der Waals surface area contributed by atoms with Crippen LogP contribution in [0.5, 0.6) is 0 Å². The van der Waals surface area contributed by atoms with Crippen molar-refractivity contribution in [2.45, 2.75) is 6.92 Å². The maximum Gasteiger partial charge on any atom is 0.106 e. The molecule has 0 fully saturated rings. The molecular weight excluding hydrogens is 138 g/mol. The van der Waals surface area contributed by atoms with Crippen LogP contribution in [0.4, 0.5) is 0 Å². The fraction of sp³-hybridized carbons (Fsp3) is 0.222. The Labute approximate surface area is 66.5 Å². The van der Waals surface area contributed by atoms with Crippen LogP contribution in [-0.4, -0.2) is 13.3 Å². The van der Waals surface area contributed by atoms with Crippen LogP contribution >= 0.6 is 0 Å². The first kappa shape index (κ1) is 7.79. The molecule has 0 saturated heterocycles. The summed E-state index contributed by atoms with van der Waals surface area (Å²) in [5, 5.41) is 3.65. The van der Waals surface area contributed by atoms with Crippen LogP contribution in [0.2, 0.25) is 0 Å². The Morgan fingerprint density at radius 1 is 1.27 bits per heavy atom. The topological polar surface area (TPSA) is 21.6 Å². The van der Waals surface area contributed by atoms with Crippen molar-refractivity contribution in [2.75, 3.05) is 7.11 Å². The SMILES string of the molecule is CON=Cc1ccc(C)cc1. The molecule has 0 aliphatic carbocycles. The summed E-state index contributed by atoms with van der Waals surface area (Å²) in [5.74, 6) is 0. The molecule has 0 aliphatic heterocycles. The molecule has 0 aromatic heterocycles. The molecule has 0 saturated carbocycles. The third-order valence-corrected chi connectivity index (χ3v) is 1.38. The van der Waals surface area contributed by atoms with E-state index in [-0.39, 0.29) is 0 Å². The third-order valence-electron chi connectivity index (χ3n) is 1.38. The zero-order valence-electron chi connectivity index (χ0n) is 6.74. The van der Waals surface area contributed by atoms with Crippen molar-refractivity contribution in [1.82, 2.24) is 0 Å². The van der Waals surface area contributed by atoms with Gasteiger partial charge in [0, 0.05) is 0 Å². The minimum atomic E-state index is 1.05. The number of oxime groups is 1. The molecule has 0 bridgehead atoms. The molecule has 0 N–H and O–H groups in total. The van der Waals surface area contributed by atoms with Crippen molar-refractivity contribution in [3.8, 4) is 0 Å². The van der Waals surface area contributed by atoms with E-state index in [1.807, 2.05) is 24.3 Å². The molecule has 0 unspecified atom stereocenters. The zero-order valence-corrected chi connectivity index (χ0v) is 6.74. The van der Waals surface area contributed by atoms with Crippen molar-refractivity contribution < 1.29 is 4.84 Å². The molecule has 1 aromatic carbocycles. The average molecular weight is 149 g/mol. The Morgan fingerprint density at radius 3 is 2.45 bits per heavy atom. The maximum absolute atomic E-state index is 4.55. The predicted molar refractivity (Wildman–Crippen MR) is 45.8 cm³/mol. The second-order valence-corrected chi connectivity index (χ2v) is 2.33. The molecule has 0 aliphatic rings. The fourth-order valence-electron chi connectivity index (χ4n) is 0.766. The molecule has 2 nitrogen and oxygen atoms in total. The Kier molecular flexibility index (Phi) is 2.66. The number of hydrogen-bond acceptors (Lipinski definition) is 2. The van der Waals surface area contributed by atoms with Gasteiger partial charge in [0.1, 0.15) is 7.11 Å². The highest BCUT2D eigenvalue weighted by molar-refractivity contribution is 5.78. The lowest BCUT2D eigenvalue weighted by Crippen LogP contribution is -1.81. The van der Waals surface area contributed by atoms with E-state index in [0.717, 1.165) is 5.56 Å². The largest absolute Gasteiger partial charge is 0.399 e. The summed E-state index contributed by atoms with van der Waals surface area (Å²) in [6, 6.07) is 8.07. The van der Waals surface area contributed by atoms with Gasteiger partial charge < -0.3 is 4.84 Å². The van der Waals surface area contributed by atoms with Crippen LogP contribution in [0.25, 0.3) is 0 Å². The lowest BCUT2D eigenvalue weighted by molar-refractivity contribution is 0.215. The van der Waals surface area contributed by atoms with Gasteiger partial charge in [-0.15, -0.1) is 0 Å². The van der Waals surface area contributed by atoms with Crippen molar-refractivity contribution in [2.24, 2.45) is 5.16 Å². The quantitative estimate of drug-likeness (QED) is 0.465. The van der Waals surface area contributed by atoms with Crippen molar-refractivity contribution in [1.29, 1.82) is 0 Å². The smallest absolute Gasteiger partial charge is 0.106 e. The van der Waals surface area contributed by atoms with E-state index >= 15 is 0 Å². The monoisotopic (exact) mass is 149 g/mol. The maximum atomic E-state index is 4.55. The summed E-state index contributed by atoms with van der Waals surface area (Å²) in [7, 11) is 1.53. The van der Waals surface area contributed by atoms with Crippen LogP contribution in [0.15, 0.2) is 29.4 Å². The van der Waals surface area contributed by atoms with Crippen LogP contribution in [0, 0.1) is 6.92 Å². The first-order chi connectivity index (χ1) is 5.33. The lowest BCUT2D eigenvalue weighted by Gasteiger charge is -1.92. The molecule has 0 spiro atoms. The van der Waals surface area contributed by atoms with Gasteiger partial charge in [-0.2, -0.15) is 0 Å². The number of benzene rings is 1. The van der Waals surface area contributed by atoms with Gasteiger partial charge >= 0.3 is 0 Å². The van der Waals surface area contributed by atoms with Gasteiger partial charge in [-0.3, -0.25) is 0 Å². The van der Waals surface area contributed by atoms with Gasteiger partial charge in [0.2, 0.25) is 0 Å². The predicted octanol–water partition coefficient (Wildman–Crippen LogP) is 1.98. The van der Waals surface area contributed by atoms with Crippen molar-refractivity contribution >= 4 is 6.21 Å². The van der Waals surface area contributed by atoms with Crippen molar-refractivity contribution in [3.63, 3.8) is 0 Å². The van der Waals surface area contributed by atoms with Crippen LogP contribution < -0.4 is 0 Å². The highest BCUT2D eigenvalue weighted by atomic mass is 16.6. The summed E-state index contributed by atoms with van der Waals surface area (Å²) in [5.41, 5.74) is 2.30. The van der Waals surface area contributed by atoms with E-state index in [1.54, 1.807) is 6.21 Å². The summed E-state index contributed by atoms with van der Waals surface area (Å²) in [6.45, 7) is 2.05. The molecule has 0 heterocycles. The van der Waals surface area contributed by atoms with E-state index in [4.69, 9.17) is 0 Å².